The van der Waals surface area contributed by atoms with Gasteiger partial charge in [-0.15, -0.1) is 11.8 Å². The average molecular weight is 420 g/mol. The van der Waals surface area contributed by atoms with Gasteiger partial charge in [0.25, 0.3) is 0 Å². The Bertz CT molecular complexity index is 601. The SMILES string of the molecule is CC(=O)NCSC[C@H](N)C(=O)NCC(=O)NCC(=O)NCC(=O)NCC(=O)O. The monoisotopic (exact) mass is 420 g/mol. The highest BCUT2D eigenvalue weighted by molar-refractivity contribution is 7.99. The minimum atomic E-state index is -1.22. The van der Waals surface area contributed by atoms with Gasteiger partial charge in [0.15, 0.2) is 0 Å². The van der Waals surface area contributed by atoms with Crippen LogP contribution in [0.3, 0.4) is 0 Å². The lowest BCUT2D eigenvalue weighted by atomic mass is 10.3. The van der Waals surface area contributed by atoms with Crippen molar-refractivity contribution in [2.45, 2.75) is 13.0 Å². The number of rotatable bonds is 13. The Morgan fingerprint density at radius 1 is 0.821 bits per heavy atom. The van der Waals surface area contributed by atoms with Crippen LogP contribution in [0.15, 0.2) is 0 Å². The smallest absolute Gasteiger partial charge is 0.322 e. The van der Waals surface area contributed by atoms with Crippen molar-refractivity contribution in [3.8, 4) is 0 Å². The minimum Gasteiger partial charge on any atom is -0.480 e. The number of carbonyl (C=O) groups excluding carboxylic acids is 5. The van der Waals surface area contributed by atoms with E-state index in [-0.39, 0.29) is 11.7 Å². The quantitative estimate of drug-likeness (QED) is 0.113. The lowest BCUT2D eigenvalue weighted by Gasteiger charge is -2.12. The molecule has 0 bridgehead atoms. The van der Waals surface area contributed by atoms with Crippen molar-refractivity contribution in [2.24, 2.45) is 5.73 Å². The first kappa shape index (κ1) is 25.1. The fraction of sp³-hybridized carbons (Fsp3) is 0.571. The van der Waals surface area contributed by atoms with Crippen LogP contribution in [-0.2, 0) is 28.8 Å². The zero-order valence-corrected chi connectivity index (χ0v) is 16.0. The van der Waals surface area contributed by atoms with E-state index in [0.717, 1.165) is 0 Å². The van der Waals surface area contributed by atoms with Crippen molar-refractivity contribution < 1.29 is 33.9 Å². The van der Waals surface area contributed by atoms with E-state index in [1.165, 1.54) is 18.7 Å². The highest BCUT2D eigenvalue weighted by atomic mass is 32.2. The summed E-state index contributed by atoms with van der Waals surface area (Å²) in [5.41, 5.74) is 5.64. The first-order valence-electron chi connectivity index (χ1n) is 7.99. The summed E-state index contributed by atoms with van der Waals surface area (Å²) in [5, 5.41) is 19.7. The Balaban J connectivity index is 3.88. The summed E-state index contributed by atoms with van der Waals surface area (Å²) in [7, 11) is 0. The molecule has 5 amide bonds. The maximum absolute atomic E-state index is 11.7. The summed E-state index contributed by atoms with van der Waals surface area (Å²) in [5.74, 6) is -3.45. The number of aliphatic carboxylic acids is 1. The Morgan fingerprint density at radius 3 is 1.75 bits per heavy atom. The van der Waals surface area contributed by atoms with E-state index in [1.54, 1.807) is 0 Å². The fourth-order valence-electron chi connectivity index (χ4n) is 1.43. The lowest BCUT2D eigenvalue weighted by Crippen LogP contribution is -2.48. The van der Waals surface area contributed by atoms with Crippen LogP contribution in [0.4, 0.5) is 0 Å². The van der Waals surface area contributed by atoms with Crippen LogP contribution in [0.5, 0.6) is 0 Å². The zero-order valence-electron chi connectivity index (χ0n) is 15.2. The normalized spacial score (nSPS) is 10.9. The molecule has 0 aliphatic carbocycles. The van der Waals surface area contributed by atoms with Gasteiger partial charge in [0.05, 0.1) is 31.6 Å². The van der Waals surface area contributed by atoms with Crippen molar-refractivity contribution in [3.05, 3.63) is 0 Å². The first-order chi connectivity index (χ1) is 13.1. The maximum atomic E-state index is 11.7. The highest BCUT2D eigenvalue weighted by Crippen LogP contribution is 1.99. The van der Waals surface area contributed by atoms with Gasteiger partial charge >= 0.3 is 5.97 Å². The number of nitrogens with one attached hydrogen (secondary N) is 5. The predicted octanol–water partition coefficient (Wildman–Crippen LogP) is -4.31. The molecule has 0 radical (unpaired) electrons. The summed E-state index contributed by atoms with van der Waals surface area (Å²) in [6.07, 6.45) is 0. The van der Waals surface area contributed by atoms with E-state index in [4.69, 9.17) is 10.8 Å². The van der Waals surface area contributed by atoms with Crippen LogP contribution in [0.2, 0.25) is 0 Å². The Hall–Kier alpha value is -2.87. The molecule has 0 rings (SSSR count). The van der Waals surface area contributed by atoms with Crippen LogP contribution >= 0.6 is 11.8 Å². The fourth-order valence-corrected chi connectivity index (χ4v) is 2.26. The van der Waals surface area contributed by atoms with Gasteiger partial charge in [-0.3, -0.25) is 28.8 Å². The van der Waals surface area contributed by atoms with Crippen molar-refractivity contribution >= 4 is 47.3 Å². The third kappa shape index (κ3) is 14.3. The van der Waals surface area contributed by atoms with Crippen LogP contribution in [0.1, 0.15) is 6.92 Å². The molecular weight excluding hydrogens is 396 g/mol. The third-order valence-corrected chi connectivity index (χ3v) is 3.75. The van der Waals surface area contributed by atoms with Crippen LogP contribution < -0.4 is 32.3 Å². The van der Waals surface area contributed by atoms with Gasteiger partial charge in [-0.25, -0.2) is 0 Å². The molecule has 1 atom stereocenters. The van der Waals surface area contributed by atoms with Crippen molar-refractivity contribution in [1.82, 2.24) is 26.6 Å². The van der Waals surface area contributed by atoms with E-state index in [0.29, 0.717) is 5.88 Å². The molecule has 0 fully saturated rings. The van der Waals surface area contributed by atoms with Gasteiger partial charge in [-0.2, -0.15) is 0 Å². The van der Waals surface area contributed by atoms with E-state index in [2.05, 4.69) is 21.3 Å². The molecule has 0 aliphatic rings. The molecule has 0 aromatic heterocycles. The Labute approximate surface area is 164 Å². The van der Waals surface area contributed by atoms with E-state index < -0.39 is 61.8 Å². The second-order valence-electron chi connectivity index (χ2n) is 5.30. The number of carbonyl (C=O) groups is 6. The number of amides is 5. The second kappa shape index (κ2) is 14.2. The van der Waals surface area contributed by atoms with Gasteiger partial charge in [0.2, 0.25) is 29.5 Å². The number of nitrogens with two attached hydrogens (primary N) is 1. The molecule has 28 heavy (non-hydrogen) atoms. The van der Waals surface area contributed by atoms with Gasteiger partial charge in [-0.1, -0.05) is 0 Å². The van der Waals surface area contributed by atoms with Crippen molar-refractivity contribution in [1.29, 1.82) is 0 Å². The Morgan fingerprint density at radius 2 is 1.29 bits per heavy atom. The van der Waals surface area contributed by atoms with E-state index in [1.807, 2.05) is 5.32 Å². The topological polar surface area (TPSA) is 209 Å². The number of hydrogen-bond donors (Lipinski definition) is 7. The molecule has 14 heteroatoms. The number of thioether (sulfide) groups is 1. The molecule has 13 nitrogen and oxygen atoms in total. The van der Waals surface area contributed by atoms with Crippen LogP contribution in [0, 0.1) is 0 Å². The van der Waals surface area contributed by atoms with E-state index >= 15 is 0 Å². The second-order valence-corrected chi connectivity index (χ2v) is 6.33. The highest BCUT2D eigenvalue weighted by Gasteiger charge is 2.15. The van der Waals surface area contributed by atoms with Gasteiger partial charge in [0, 0.05) is 12.7 Å². The van der Waals surface area contributed by atoms with Gasteiger partial charge in [-0.05, 0) is 0 Å². The molecular formula is C14H24N6O7S. The zero-order chi connectivity index (χ0) is 21.5. The molecule has 0 aliphatic heterocycles. The number of carboxylic acid groups (broad SMARTS) is 1. The molecule has 0 unspecified atom stereocenters. The molecule has 0 saturated carbocycles. The summed E-state index contributed by atoms with van der Waals surface area (Å²) < 4.78 is 0. The molecule has 8 N–H and O–H groups in total. The van der Waals surface area contributed by atoms with E-state index in [9.17, 15) is 28.8 Å². The predicted molar refractivity (Wildman–Crippen MR) is 98.8 cm³/mol. The van der Waals surface area contributed by atoms with Crippen LogP contribution in [0.25, 0.3) is 0 Å². The Kier molecular flexibility index (Phi) is 12.8. The third-order valence-electron chi connectivity index (χ3n) is 2.81. The molecule has 158 valence electrons. The van der Waals surface area contributed by atoms with Crippen molar-refractivity contribution in [3.63, 3.8) is 0 Å². The molecule has 0 aromatic carbocycles. The maximum Gasteiger partial charge on any atom is 0.322 e. The first-order valence-corrected chi connectivity index (χ1v) is 9.14. The lowest BCUT2D eigenvalue weighted by molar-refractivity contribution is -0.137. The standard InChI is InChI=1S/C14H24N6O7S/c1-8(21)20-7-28-6-9(15)14(27)19-4-12(24)17-2-10(22)16-3-11(23)18-5-13(25)26/h9H,2-7,15H2,1H3,(H,16,22)(H,17,24)(H,18,23)(H,19,27)(H,20,21)(H,25,26)/t9-/m0/s1. The molecule has 0 heterocycles. The molecule has 0 saturated heterocycles. The summed E-state index contributed by atoms with van der Waals surface area (Å²) in [6.45, 7) is -0.474. The summed E-state index contributed by atoms with van der Waals surface area (Å²) in [4.78, 5) is 66.9. The van der Waals surface area contributed by atoms with Crippen LogP contribution in [-0.4, -0.2) is 84.5 Å². The largest absolute Gasteiger partial charge is 0.480 e. The molecule has 0 spiro atoms. The van der Waals surface area contributed by atoms with Gasteiger partial charge in [0.1, 0.15) is 6.54 Å². The number of hydrogen-bond acceptors (Lipinski definition) is 8. The minimum absolute atomic E-state index is 0.202. The summed E-state index contributed by atoms with van der Waals surface area (Å²) >= 11 is 1.24. The number of carboxylic acids is 1. The summed E-state index contributed by atoms with van der Waals surface area (Å²) in [6, 6.07) is -0.876. The van der Waals surface area contributed by atoms with Crippen molar-refractivity contribution in [2.75, 3.05) is 37.8 Å². The van der Waals surface area contributed by atoms with Gasteiger partial charge < -0.3 is 37.4 Å². The average Bonchev–Trinajstić information content (AvgIpc) is 2.63. The molecule has 0 aromatic rings.